The molecule has 7 nitrogen and oxygen atoms in total. The van der Waals surface area contributed by atoms with Crippen LogP contribution in [0.1, 0.15) is 24.0 Å². The molecule has 2 aliphatic rings. The van der Waals surface area contributed by atoms with Crippen molar-refractivity contribution in [3.8, 4) is 17.4 Å². The van der Waals surface area contributed by atoms with Crippen molar-refractivity contribution in [2.75, 3.05) is 19.0 Å². The number of anilines is 1. The number of nitrogens with zero attached hydrogens (tertiary/aromatic N) is 2. The molecule has 1 aromatic carbocycles. The molecular formula is C20H18F3N3O4. The topological polar surface area (TPSA) is 80.8 Å². The Hall–Kier alpha value is -3.30. The first kappa shape index (κ1) is 20.0. The van der Waals surface area contributed by atoms with Gasteiger partial charge in [0.2, 0.25) is 17.7 Å². The summed E-state index contributed by atoms with van der Waals surface area (Å²) in [5.74, 6) is 0.369. The lowest BCUT2D eigenvalue weighted by Gasteiger charge is -2.20. The van der Waals surface area contributed by atoms with Gasteiger partial charge in [-0.25, -0.2) is 4.98 Å². The summed E-state index contributed by atoms with van der Waals surface area (Å²) in [6, 6.07) is 4.66. The molecule has 2 aromatic rings. The number of nitrogens with one attached hydrogen (secondary N) is 1. The van der Waals surface area contributed by atoms with Gasteiger partial charge in [0, 0.05) is 43.8 Å². The van der Waals surface area contributed by atoms with Crippen molar-refractivity contribution in [1.29, 1.82) is 0 Å². The summed E-state index contributed by atoms with van der Waals surface area (Å²) >= 11 is 0. The fraction of sp³-hybridized carbons (Fsp3) is 0.350. The van der Waals surface area contributed by atoms with Crippen molar-refractivity contribution >= 4 is 17.5 Å². The summed E-state index contributed by atoms with van der Waals surface area (Å²) in [4.78, 5) is 29.5. The number of fused-ring (bicyclic) bond motifs is 1. The smallest absolute Gasteiger partial charge is 0.417 e. The molecule has 4 rings (SSSR count). The number of benzene rings is 1. The summed E-state index contributed by atoms with van der Waals surface area (Å²) in [6.45, 7) is 0.433. The summed E-state index contributed by atoms with van der Waals surface area (Å²) in [6.07, 6.45) is -2.45. The Balaban J connectivity index is 1.56. The minimum Gasteiger partial charge on any atom is -0.491 e. The number of carbonyl (C=O) groups is 2. The molecule has 2 amide bonds. The van der Waals surface area contributed by atoms with Crippen LogP contribution in [0.4, 0.5) is 18.9 Å². The number of hydrogen-bond acceptors (Lipinski definition) is 5. The van der Waals surface area contributed by atoms with E-state index in [0.717, 1.165) is 17.7 Å². The average molecular weight is 421 g/mol. The van der Waals surface area contributed by atoms with Crippen LogP contribution in [-0.2, 0) is 22.2 Å². The Bertz CT molecular complexity index is 992. The molecule has 1 unspecified atom stereocenters. The van der Waals surface area contributed by atoms with Crippen molar-refractivity contribution < 1.29 is 32.2 Å². The molecule has 30 heavy (non-hydrogen) atoms. The molecule has 0 saturated carbocycles. The van der Waals surface area contributed by atoms with Gasteiger partial charge in [-0.05, 0) is 18.6 Å². The lowest BCUT2D eigenvalue weighted by Crippen LogP contribution is -2.38. The first-order valence-corrected chi connectivity index (χ1v) is 9.30. The highest BCUT2D eigenvalue weighted by atomic mass is 19.4. The summed E-state index contributed by atoms with van der Waals surface area (Å²) in [7, 11) is 1.58. The molecule has 158 valence electrons. The van der Waals surface area contributed by atoms with Crippen molar-refractivity contribution in [2.24, 2.45) is 0 Å². The molecule has 0 bridgehead atoms. The van der Waals surface area contributed by atoms with Gasteiger partial charge in [-0.15, -0.1) is 0 Å². The van der Waals surface area contributed by atoms with Gasteiger partial charge in [-0.2, -0.15) is 13.2 Å². The fourth-order valence-corrected chi connectivity index (χ4v) is 3.49. The van der Waals surface area contributed by atoms with Crippen LogP contribution in [0.5, 0.6) is 17.4 Å². The van der Waals surface area contributed by atoms with E-state index in [4.69, 9.17) is 9.47 Å². The van der Waals surface area contributed by atoms with Gasteiger partial charge < -0.3 is 19.7 Å². The maximum Gasteiger partial charge on any atom is 0.417 e. The van der Waals surface area contributed by atoms with Crippen molar-refractivity contribution in [2.45, 2.75) is 31.5 Å². The number of ether oxygens (including phenoxy) is 2. The zero-order valence-corrected chi connectivity index (χ0v) is 16.0. The molecule has 2 aliphatic heterocycles. The molecule has 3 heterocycles. The van der Waals surface area contributed by atoms with E-state index in [0.29, 0.717) is 49.3 Å². The van der Waals surface area contributed by atoms with Crippen molar-refractivity contribution in [3.05, 3.63) is 41.6 Å². The Labute approximate surface area is 169 Å². The Kier molecular flexibility index (Phi) is 5.00. The molecule has 1 aromatic heterocycles. The third-order valence-electron chi connectivity index (χ3n) is 5.10. The predicted molar refractivity (Wildman–Crippen MR) is 99.4 cm³/mol. The quantitative estimate of drug-likeness (QED) is 0.819. The summed E-state index contributed by atoms with van der Waals surface area (Å²) < 4.78 is 49.3. The standard InChI is InChI=1S/C20H18F3N3O4/c1-26-15(3-5-17(26)27)19(28)25-14-9-13(8-11-6-7-29-18(11)14)30-16-4-2-12(10-24-16)20(21,22)23/h2,4,8-10,15H,3,5-7H2,1H3,(H,25,28). The number of carbonyl (C=O) groups excluding carboxylic acids is 2. The third-order valence-corrected chi connectivity index (χ3v) is 5.10. The third kappa shape index (κ3) is 3.89. The molecule has 0 aliphatic carbocycles. The molecule has 1 saturated heterocycles. The summed E-state index contributed by atoms with van der Waals surface area (Å²) in [5, 5.41) is 2.78. The SMILES string of the molecule is CN1C(=O)CCC1C(=O)Nc1cc(Oc2ccc(C(F)(F)F)cn2)cc2c1OCC2. The Morgan fingerprint density at radius 3 is 2.73 bits per heavy atom. The van der Waals surface area contributed by atoms with Gasteiger partial charge in [0.1, 0.15) is 17.5 Å². The normalized spacial score (nSPS) is 18.2. The van der Waals surface area contributed by atoms with Crippen molar-refractivity contribution in [1.82, 2.24) is 9.88 Å². The number of pyridine rings is 1. The van der Waals surface area contributed by atoms with E-state index in [9.17, 15) is 22.8 Å². The van der Waals surface area contributed by atoms with Crippen LogP contribution < -0.4 is 14.8 Å². The number of likely N-dealkylation sites (N-methyl/N-ethyl adjacent to an activating group) is 1. The zero-order chi connectivity index (χ0) is 21.5. The second-order valence-corrected chi connectivity index (χ2v) is 7.09. The minimum atomic E-state index is -4.48. The van der Waals surface area contributed by atoms with Gasteiger partial charge >= 0.3 is 6.18 Å². The monoisotopic (exact) mass is 421 g/mol. The number of alkyl halides is 3. The van der Waals surface area contributed by atoms with Gasteiger partial charge in [0.05, 0.1) is 17.9 Å². The van der Waals surface area contributed by atoms with Crippen LogP contribution in [0, 0.1) is 0 Å². The van der Waals surface area contributed by atoms with Crippen LogP contribution in [0.3, 0.4) is 0 Å². The Morgan fingerprint density at radius 2 is 2.10 bits per heavy atom. The maximum absolute atomic E-state index is 12.7. The van der Waals surface area contributed by atoms with Gasteiger partial charge in [-0.1, -0.05) is 0 Å². The zero-order valence-electron chi connectivity index (χ0n) is 16.0. The molecule has 0 spiro atoms. The maximum atomic E-state index is 12.7. The van der Waals surface area contributed by atoms with Gasteiger partial charge in [-0.3, -0.25) is 9.59 Å². The second-order valence-electron chi connectivity index (χ2n) is 7.09. The summed E-state index contributed by atoms with van der Waals surface area (Å²) in [5.41, 5.74) is 0.301. The lowest BCUT2D eigenvalue weighted by atomic mass is 10.1. The number of amides is 2. The largest absolute Gasteiger partial charge is 0.491 e. The average Bonchev–Trinajstić information content (AvgIpc) is 3.28. The molecule has 1 N–H and O–H groups in total. The molecule has 0 radical (unpaired) electrons. The highest BCUT2D eigenvalue weighted by Crippen LogP contribution is 2.39. The highest BCUT2D eigenvalue weighted by molar-refractivity contribution is 6.00. The predicted octanol–water partition coefficient (Wildman–Crippen LogP) is 3.39. The molecule has 1 atom stereocenters. The van der Waals surface area contributed by atoms with E-state index in [-0.39, 0.29) is 17.7 Å². The number of rotatable bonds is 4. The van der Waals surface area contributed by atoms with E-state index in [1.165, 1.54) is 11.0 Å². The molecule has 1 fully saturated rings. The number of likely N-dealkylation sites (tertiary alicyclic amines) is 1. The lowest BCUT2D eigenvalue weighted by molar-refractivity contribution is -0.137. The first-order chi connectivity index (χ1) is 14.2. The van der Waals surface area contributed by atoms with Crippen LogP contribution in [0.15, 0.2) is 30.5 Å². The van der Waals surface area contributed by atoms with E-state index in [1.807, 2.05) is 0 Å². The molecule has 10 heteroatoms. The fourth-order valence-electron chi connectivity index (χ4n) is 3.49. The number of hydrogen-bond donors (Lipinski definition) is 1. The van der Waals surface area contributed by atoms with E-state index < -0.39 is 17.8 Å². The molecular weight excluding hydrogens is 403 g/mol. The second kappa shape index (κ2) is 7.51. The first-order valence-electron chi connectivity index (χ1n) is 9.30. The van der Waals surface area contributed by atoms with E-state index in [1.54, 1.807) is 13.1 Å². The number of aromatic nitrogens is 1. The van der Waals surface area contributed by atoms with Crippen LogP contribution in [-0.4, -0.2) is 41.4 Å². The number of halogens is 3. The van der Waals surface area contributed by atoms with Gasteiger partial charge in [0.15, 0.2) is 0 Å². The highest BCUT2D eigenvalue weighted by Gasteiger charge is 2.34. The van der Waals surface area contributed by atoms with Crippen molar-refractivity contribution in [3.63, 3.8) is 0 Å². The van der Waals surface area contributed by atoms with Crippen LogP contribution >= 0.6 is 0 Å². The van der Waals surface area contributed by atoms with Crippen LogP contribution in [0.2, 0.25) is 0 Å². The minimum absolute atomic E-state index is 0.0136. The Morgan fingerprint density at radius 1 is 1.30 bits per heavy atom. The van der Waals surface area contributed by atoms with Gasteiger partial charge in [0.25, 0.3) is 0 Å². The van der Waals surface area contributed by atoms with E-state index >= 15 is 0 Å². The van der Waals surface area contributed by atoms with Crippen LogP contribution in [0.25, 0.3) is 0 Å². The van der Waals surface area contributed by atoms with E-state index in [2.05, 4.69) is 10.3 Å².